The second-order valence-corrected chi connectivity index (χ2v) is 4.32. The lowest BCUT2D eigenvalue weighted by Crippen LogP contribution is -2.05. The molecule has 0 fully saturated rings. The third-order valence-corrected chi connectivity index (χ3v) is 2.84. The number of hydrogen-bond donors (Lipinski definition) is 1. The molecular formula is C14H18FN3O. The Morgan fingerprint density at radius 3 is 2.89 bits per heavy atom. The second-order valence-electron chi connectivity index (χ2n) is 4.32. The zero-order valence-corrected chi connectivity index (χ0v) is 11.0. The average molecular weight is 263 g/mol. The van der Waals surface area contributed by atoms with Gasteiger partial charge in [0.1, 0.15) is 12.4 Å². The predicted octanol–water partition coefficient (Wildman–Crippen LogP) is 2.47. The minimum Gasteiger partial charge on any atom is -0.486 e. The summed E-state index contributed by atoms with van der Waals surface area (Å²) in [4.78, 5) is 0. The second kappa shape index (κ2) is 6.33. The Morgan fingerprint density at radius 1 is 1.37 bits per heavy atom. The number of aryl methyl sites for hydroxylation is 1. The highest BCUT2D eigenvalue weighted by Gasteiger charge is 2.08. The SMILES string of the molecule is CCCn1cc(OCc2cccc(CN)c2F)cn1. The lowest BCUT2D eigenvalue weighted by molar-refractivity contribution is 0.299. The molecule has 1 heterocycles. The highest BCUT2D eigenvalue weighted by Crippen LogP contribution is 2.16. The topological polar surface area (TPSA) is 53.1 Å². The highest BCUT2D eigenvalue weighted by atomic mass is 19.1. The number of nitrogens with two attached hydrogens (primary N) is 1. The first kappa shape index (κ1) is 13.5. The number of hydrogen-bond acceptors (Lipinski definition) is 3. The van der Waals surface area contributed by atoms with E-state index in [2.05, 4.69) is 12.0 Å². The molecule has 1 aromatic carbocycles. The zero-order chi connectivity index (χ0) is 13.7. The maximum atomic E-state index is 13.9. The molecule has 4 nitrogen and oxygen atoms in total. The molecule has 0 spiro atoms. The minimum absolute atomic E-state index is 0.178. The summed E-state index contributed by atoms with van der Waals surface area (Å²) in [6.45, 7) is 3.29. The standard InChI is InChI=1S/C14H18FN3O/c1-2-6-18-9-13(8-17-18)19-10-12-5-3-4-11(7-16)14(12)15/h3-5,8-9H,2,6-7,10,16H2,1H3. The summed E-state index contributed by atoms with van der Waals surface area (Å²) in [5.74, 6) is 0.358. The van der Waals surface area contributed by atoms with Crippen LogP contribution < -0.4 is 10.5 Å². The van der Waals surface area contributed by atoms with Crippen molar-refractivity contribution in [2.75, 3.05) is 0 Å². The van der Waals surface area contributed by atoms with Gasteiger partial charge in [-0.2, -0.15) is 5.10 Å². The van der Waals surface area contributed by atoms with Gasteiger partial charge in [0.15, 0.2) is 5.75 Å². The van der Waals surface area contributed by atoms with Gasteiger partial charge >= 0.3 is 0 Å². The van der Waals surface area contributed by atoms with Crippen molar-refractivity contribution in [1.29, 1.82) is 0 Å². The van der Waals surface area contributed by atoms with Gasteiger partial charge in [-0.15, -0.1) is 0 Å². The van der Waals surface area contributed by atoms with Crippen molar-refractivity contribution in [2.24, 2.45) is 5.73 Å². The Bertz CT molecular complexity index is 539. The zero-order valence-electron chi connectivity index (χ0n) is 11.0. The molecule has 2 aromatic rings. The van der Waals surface area contributed by atoms with Gasteiger partial charge in [-0.05, 0) is 6.42 Å². The van der Waals surface area contributed by atoms with Gasteiger partial charge < -0.3 is 10.5 Å². The van der Waals surface area contributed by atoms with E-state index in [1.165, 1.54) is 0 Å². The van der Waals surface area contributed by atoms with E-state index in [9.17, 15) is 4.39 Å². The molecule has 0 atom stereocenters. The summed E-state index contributed by atoms with van der Waals surface area (Å²) in [5, 5.41) is 4.15. The smallest absolute Gasteiger partial charge is 0.157 e. The molecule has 0 saturated heterocycles. The maximum Gasteiger partial charge on any atom is 0.157 e. The lowest BCUT2D eigenvalue weighted by atomic mass is 10.1. The average Bonchev–Trinajstić information content (AvgIpc) is 2.86. The fourth-order valence-corrected chi connectivity index (χ4v) is 1.83. The van der Waals surface area contributed by atoms with Crippen LogP contribution in [0.5, 0.6) is 5.75 Å². The van der Waals surface area contributed by atoms with Gasteiger partial charge in [-0.1, -0.05) is 25.1 Å². The molecule has 5 heteroatoms. The Kier molecular flexibility index (Phi) is 4.52. The van der Waals surface area contributed by atoms with Crippen LogP contribution in [0.15, 0.2) is 30.6 Å². The van der Waals surface area contributed by atoms with Crippen molar-refractivity contribution in [1.82, 2.24) is 9.78 Å². The molecular weight excluding hydrogens is 245 g/mol. The Morgan fingerprint density at radius 2 is 2.16 bits per heavy atom. The molecule has 0 radical (unpaired) electrons. The summed E-state index contributed by atoms with van der Waals surface area (Å²) in [5.41, 5.74) is 6.48. The van der Waals surface area contributed by atoms with E-state index in [1.54, 1.807) is 24.4 Å². The van der Waals surface area contributed by atoms with Crippen LogP contribution in [0.4, 0.5) is 4.39 Å². The van der Waals surface area contributed by atoms with E-state index in [1.807, 2.05) is 10.9 Å². The van der Waals surface area contributed by atoms with Gasteiger partial charge in [-0.25, -0.2) is 4.39 Å². The third-order valence-electron chi connectivity index (χ3n) is 2.84. The molecule has 1 aromatic heterocycles. The van der Waals surface area contributed by atoms with Crippen molar-refractivity contribution >= 4 is 0 Å². The molecule has 19 heavy (non-hydrogen) atoms. The van der Waals surface area contributed by atoms with Gasteiger partial charge in [0.05, 0.1) is 12.4 Å². The lowest BCUT2D eigenvalue weighted by Gasteiger charge is -2.07. The van der Waals surface area contributed by atoms with E-state index in [4.69, 9.17) is 10.5 Å². The fraction of sp³-hybridized carbons (Fsp3) is 0.357. The molecule has 0 bridgehead atoms. The van der Waals surface area contributed by atoms with Crippen LogP contribution in [0, 0.1) is 5.82 Å². The Hall–Kier alpha value is -1.88. The summed E-state index contributed by atoms with van der Waals surface area (Å²) < 4.78 is 21.3. The number of aromatic nitrogens is 2. The van der Waals surface area contributed by atoms with Crippen LogP contribution in [0.3, 0.4) is 0 Å². The first-order valence-electron chi connectivity index (χ1n) is 6.36. The van der Waals surface area contributed by atoms with Crippen molar-refractivity contribution in [3.63, 3.8) is 0 Å². The molecule has 0 saturated carbocycles. The molecule has 0 aliphatic heterocycles. The number of halogens is 1. The normalized spacial score (nSPS) is 10.7. The van der Waals surface area contributed by atoms with Gasteiger partial charge in [-0.3, -0.25) is 4.68 Å². The van der Waals surface area contributed by atoms with E-state index in [0.29, 0.717) is 16.9 Å². The highest BCUT2D eigenvalue weighted by molar-refractivity contribution is 5.26. The van der Waals surface area contributed by atoms with Gasteiger partial charge in [0, 0.05) is 24.2 Å². The van der Waals surface area contributed by atoms with Gasteiger partial charge in [0.2, 0.25) is 0 Å². The van der Waals surface area contributed by atoms with Crippen molar-refractivity contribution in [2.45, 2.75) is 33.0 Å². The summed E-state index contributed by atoms with van der Waals surface area (Å²) in [6.07, 6.45) is 4.46. The molecule has 0 unspecified atom stereocenters. The molecule has 0 amide bonds. The summed E-state index contributed by atoms with van der Waals surface area (Å²) >= 11 is 0. The number of nitrogens with zero attached hydrogens (tertiary/aromatic N) is 2. The number of benzene rings is 1. The first-order chi connectivity index (χ1) is 9.24. The first-order valence-corrected chi connectivity index (χ1v) is 6.36. The number of rotatable bonds is 6. The quantitative estimate of drug-likeness (QED) is 0.871. The van der Waals surface area contributed by atoms with E-state index in [0.717, 1.165) is 13.0 Å². The summed E-state index contributed by atoms with van der Waals surface area (Å²) in [6, 6.07) is 5.16. The van der Waals surface area contributed by atoms with Crippen LogP contribution in [0.2, 0.25) is 0 Å². The van der Waals surface area contributed by atoms with Crippen LogP contribution in [0.1, 0.15) is 24.5 Å². The van der Waals surface area contributed by atoms with E-state index >= 15 is 0 Å². The van der Waals surface area contributed by atoms with E-state index in [-0.39, 0.29) is 19.0 Å². The van der Waals surface area contributed by atoms with Crippen LogP contribution >= 0.6 is 0 Å². The predicted molar refractivity (Wildman–Crippen MR) is 71.1 cm³/mol. The van der Waals surface area contributed by atoms with Crippen LogP contribution in [0.25, 0.3) is 0 Å². The number of ether oxygens (including phenoxy) is 1. The largest absolute Gasteiger partial charge is 0.486 e. The third kappa shape index (κ3) is 3.32. The van der Waals surface area contributed by atoms with Gasteiger partial charge in [0.25, 0.3) is 0 Å². The molecule has 2 N–H and O–H groups in total. The summed E-state index contributed by atoms with van der Waals surface area (Å²) in [7, 11) is 0. The minimum atomic E-state index is -0.286. The Balaban J connectivity index is 2.01. The van der Waals surface area contributed by atoms with E-state index < -0.39 is 0 Å². The fourth-order valence-electron chi connectivity index (χ4n) is 1.83. The molecule has 2 rings (SSSR count). The Labute approximate surface area is 112 Å². The van der Waals surface area contributed by atoms with Crippen molar-refractivity contribution in [3.05, 3.63) is 47.5 Å². The van der Waals surface area contributed by atoms with Crippen LogP contribution in [-0.4, -0.2) is 9.78 Å². The molecule has 0 aliphatic rings. The maximum absolute atomic E-state index is 13.9. The molecule has 102 valence electrons. The monoisotopic (exact) mass is 263 g/mol. The van der Waals surface area contributed by atoms with Crippen molar-refractivity contribution in [3.8, 4) is 5.75 Å². The molecule has 0 aliphatic carbocycles. The van der Waals surface area contributed by atoms with Crippen molar-refractivity contribution < 1.29 is 9.13 Å². The van der Waals surface area contributed by atoms with Crippen LogP contribution in [-0.2, 0) is 19.7 Å².